The Bertz CT molecular complexity index is 599. The van der Waals surface area contributed by atoms with Crippen LogP contribution in [-0.4, -0.2) is 12.9 Å². The molecule has 0 N–H and O–H groups in total. The van der Waals surface area contributed by atoms with Gasteiger partial charge in [-0.2, -0.15) is 0 Å². The first kappa shape index (κ1) is 14.9. The highest BCUT2D eigenvalue weighted by molar-refractivity contribution is 9.10. The maximum atomic E-state index is 13.4. The molecule has 1 unspecified atom stereocenters. The fourth-order valence-corrected chi connectivity index (χ4v) is 2.45. The lowest BCUT2D eigenvalue weighted by Gasteiger charge is -2.15. The van der Waals surface area contributed by atoms with E-state index in [1.165, 1.54) is 13.2 Å². The van der Waals surface area contributed by atoms with Crippen LogP contribution in [0.15, 0.2) is 53.0 Å². The van der Waals surface area contributed by atoms with Crippen LogP contribution in [0, 0.1) is 5.82 Å². The molecule has 0 aliphatic carbocycles. The normalized spacial score (nSPS) is 12.2. The van der Waals surface area contributed by atoms with E-state index >= 15 is 0 Å². The van der Waals surface area contributed by atoms with Gasteiger partial charge in [-0.3, -0.25) is 4.79 Å². The number of methoxy groups -OCH3 is 1. The smallest absolute Gasteiger partial charge is 0.170 e. The summed E-state index contributed by atoms with van der Waals surface area (Å²) in [7, 11) is 1.50. The monoisotopic (exact) mass is 336 g/mol. The molecule has 2 nitrogen and oxygen atoms in total. The Morgan fingerprint density at radius 1 is 1.20 bits per heavy atom. The highest BCUT2D eigenvalue weighted by Crippen LogP contribution is 2.24. The molecule has 0 aliphatic heterocycles. The van der Waals surface area contributed by atoms with Gasteiger partial charge in [-0.05, 0) is 33.1 Å². The number of benzene rings is 2. The van der Waals surface area contributed by atoms with Crippen LogP contribution in [0.25, 0.3) is 0 Å². The number of Topliss-reactive ketones (excluding diaryl/α,β-unsaturated/α-hetero) is 1. The van der Waals surface area contributed by atoms with Gasteiger partial charge in [-0.25, -0.2) is 4.39 Å². The second-order valence-corrected chi connectivity index (χ2v) is 5.18. The minimum Gasteiger partial charge on any atom is -0.369 e. The molecule has 20 heavy (non-hydrogen) atoms. The van der Waals surface area contributed by atoms with Crippen molar-refractivity contribution in [3.63, 3.8) is 0 Å². The standard InChI is InChI=1S/C16H14BrFO2/c1-20-16(11-6-3-2-4-7-11)14(19)10-12-8-5-9-13(18)15(12)17/h2-9,16H,10H2,1H3. The molecule has 0 saturated heterocycles. The Morgan fingerprint density at radius 2 is 1.90 bits per heavy atom. The number of ether oxygens (including phenoxy) is 1. The van der Waals surface area contributed by atoms with Gasteiger partial charge in [-0.15, -0.1) is 0 Å². The van der Waals surface area contributed by atoms with Crippen LogP contribution in [0.3, 0.4) is 0 Å². The number of hydrogen-bond donors (Lipinski definition) is 0. The predicted molar refractivity (Wildman–Crippen MR) is 79.0 cm³/mol. The van der Waals surface area contributed by atoms with E-state index in [2.05, 4.69) is 15.9 Å². The van der Waals surface area contributed by atoms with Crippen LogP contribution in [0.4, 0.5) is 4.39 Å². The molecule has 0 radical (unpaired) electrons. The summed E-state index contributed by atoms with van der Waals surface area (Å²) < 4.78 is 19.1. The van der Waals surface area contributed by atoms with Crippen LogP contribution in [-0.2, 0) is 16.0 Å². The molecule has 0 aromatic heterocycles. The summed E-state index contributed by atoms with van der Waals surface area (Å²) in [4.78, 5) is 12.3. The van der Waals surface area contributed by atoms with Crippen molar-refractivity contribution in [1.82, 2.24) is 0 Å². The lowest BCUT2D eigenvalue weighted by Crippen LogP contribution is -2.17. The molecule has 0 bridgehead atoms. The van der Waals surface area contributed by atoms with Gasteiger partial charge in [0.15, 0.2) is 5.78 Å². The molecule has 4 heteroatoms. The van der Waals surface area contributed by atoms with Crippen LogP contribution < -0.4 is 0 Å². The number of rotatable bonds is 5. The third kappa shape index (κ3) is 3.32. The first-order valence-electron chi connectivity index (χ1n) is 6.17. The van der Waals surface area contributed by atoms with Gasteiger partial charge in [0.25, 0.3) is 0 Å². The van der Waals surface area contributed by atoms with E-state index in [0.717, 1.165) is 5.56 Å². The number of halogens is 2. The van der Waals surface area contributed by atoms with E-state index in [1.807, 2.05) is 30.3 Å². The van der Waals surface area contributed by atoms with Crippen molar-refractivity contribution in [1.29, 1.82) is 0 Å². The molecular weight excluding hydrogens is 323 g/mol. The van der Waals surface area contributed by atoms with E-state index in [4.69, 9.17) is 4.74 Å². The Labute approximate surface area is 125 Å². The van der Waals surface area contributed by atoms with E-state index in [9.17, 15) is 9.18 Å². The fraction of sp³-hybridized carbons (Fsp3) is 0.188. The Kier molecular flexibility index (Phi) is 5.04. The van der Waals surface area contributed by atoms with Gasteiger partial charge < -0.3 is 4.74 Å². The van der Waals surface area contributed by atoms with Crippen molar-refractivity contribution in [3.05, 3.63) is 69.9 Å². The number of carbonyl (C=O) groups is 1. The van der Waals surface area contributed by atoms with Crippen LogP contribution in [0.1, 0.15) is 17.2 Å². The lowest BCUT2D eigenvalue weighted by molar-refractivity contribution is -0.128. The maximum Gasteiger partial charge on any atom is 0.170 e. The van der Waals surface area contributed by atoms with E-state index < -0.39 is 6.10 Å². The van der Waals surface area contributed by atoms with Crippen molar-refractivity contribution in [2.24, 2.45) is 0 Å². The molecule has 0 spiro atoms. The molecule has 0 heterocycles. The topological polar surface area (TPSA) is 26.3 Å². The molecule has 2 rings (SSSR count). The van der Waals surface area contributed by atoms with Crippen molar-refractivity contribution in [2.45, 2.75) is 12.5 Å². The molecule has 0 aliphatic rings. The summed E-state index contributed by atoms with van der Waals surface area (Å²) in [6, 6.07) is 13.9. The van der Waals surface area contributed by atoms with E-state index in [-0.39, 0.29) is 18.0 Å². The van der Waals surface area contributed by atoms with Gasteiger partial charge in [0.05, 0.1) is 4.47 Å². The first-order valence-corrected chi connectivity index (χ1v) is 6.96. The summed E-state index contributed by atoms with van der Waals surface area (Å²) in [5.74, 6) is -0.478. The lowest BCUT2D eigenvalue weighted by atomic mass is 10.00. The number of ketones is 1. The Morgan fingerprint density at radius 3 is 2.55 bits per heavy atom. The van der Waals surface area contributed by atoms with E-state index in [0.29, 0.717) is 10.0 Å². The number of hydrogen-bond acceptors (Lipinski definition) is 2. The molecule has 2 aromatic rings. The molecular formula is C16H14BrFO2. The van der Waals surface area contributed by atoms with Gasteiger partial charge >= 0.3 is 0 Å². The Hall–Kier alpha value is -1.52. The van der Waals surface area contributed by atoms with Crippen LogP contribution >= 0.6 is 15.9 Å². The summed E-state index contributed by atoms with van der Waals surface area (Å²) >= 11 is 3.17. The minimum atomic E-state index is -0.633. The van der Waals surface area contributed by atoms with Crippen molar-refractivity contribution in [3.8, 4) is 0 Å². The highest BCUT2D eigenvalue weighted by Gasteiger charge is 2.21. The molecule has 0 saturated carbocycles. The van der Waals surface area contributed by atoms with Crippen LogP contribution in [0.5, 0.6) is 0 Å². The number of carbonyl (C=O) groups excluding carboxylic acids is 1. The first-order chi connectivity index (χ1) is 9.63. The third-order valence-electron chi connectivity index (χ3n) is 3.03. The quantitative estimate of drug-likeness (QED) is 0.822. The van der Waals surface area contributed by atoms with Gasteiger partial charge in [0.1, 0.15) is 11.9 Å². The van der Waals surface area contributed by atoms with Gasteiger partial charge in [0.2, 0.25) is 0 Å². The maximum absolute atomic E-state index is 13.4. The second-order valence-electron chi connectivity index (χ2n) is 4.38. The largest absolute Gasteiger partial charge is 0.369 e. The fourth-order valence-electron chi connectivity index (χ4n) is 2.05. The molecule has 2 aromatic carbocycles. The van der Waals surface area contributed by atoms with Gasteiger partial charge in [-0.1, -0.05) is 42.5 Å². The summed E-state index contributed by atoms with van der Waals surface area (Å²) in [6.07, 6.45) is -0.516. The summed E-state index contributed by atoms with van der Waals surface area (Å²) in [6.45, 7) is 0. The van der Waals surface area contributed by atoms with E-state index in [1.54, 1.807) is 12.1 Å². The predicted octanol–water partition coefficient (Wildman–Crippen LogP) is 4.09. The molecule has 0 fully saturated rings. The highest BCUT2D eigenvalue weighted by atomic mass is 79.9. The zero-order valence-electron chi connectivity index (χ0n) is 11.0. The third-order valence-corrected chi connectivity index (χ3v) is 3.91. The van der Waals surface area contributed by atoms with Crippen molar-refractivity contribution < 1.29 is 13.9 Å². The minimum absolute atomic E-state index is 0.106. The SMILES string of the molecule is COC(C(=O)Cc1cccc(F)c1Br)c1ccccc1. The Balaban J connectivity index is 2.20. The van der Waals surface area contributed by atoms with Crippen LogP contribution in [0.2, 0.25) is 0 Å². The average Bonchev–Trinajstić information content (AvgIpc) is 2.46. The second kappa shape index (κ2) is 6.77. The molecule has 104 valence electrons. The van der Waals surface area contributed by atoms with Crippen molar-refractivity contribution >= 4 is 21.7 Å². The summed E-state index contributed by atoms with van der Waals surface area (Å²) in [5, 5.41) is 0. The molecule has 0 amide bonds. The van der Waals surface area contributed by atoms with Crippen molar-refractivity contribution in [2.75, 3.05) is 7.11 Å². The summed E-state index contributed by atoms with van der Waals surface area (Å²) in [5.41, 5.74) is 1.42. The zero-order valence-corrected chi connectivity index (χ0v) is 12.6. The average molecular weight is 337 g/mol. The van der Waals surface area contributed by atoms with Gasteiger partial charge in [0, 0.05) is 13.5 Å². The zero-order chi connectivity index (χ0) is 14.5. The molecule has 1 atom stereocenters.